The minimum absolute atomic E-state index is 0.0221. The third kappa shape index (κ3) is 5.14. The first kappa shape index (κ1) is 26.5. The number of esters is 1. The van der Waals surface area contributed by atoms with Gasteiger partial charge in [-0.05, 0) is 32.5 Å². The Bertz CT molecular complexity index is 1430. The summed E-state index contributed by atoms with van der Waals surface area (Å²) in [7, 11) is 3.31. The lowest BCUT2D eigenvalue weighted by atomic mass is 10.2. The summed E-state index contributed by atoms with van der Waals surface area (Å²) in [5.41, 5.74) is 1.53. The van der Waals surface area contributed by atoms with Gasteiger partial charge in [0.2, 0.25) is 5.75 Å². The van der Waals surface area contributed by atoms with E-state index in [4.69, 9.17) is 9.47 Å². The van der Waals surface area contributed by atoms with E-state index in [1.54, 1.807) is 16.0 Å². The van der Waals surface area contributed by atoms with Gasteiger partial charge in [0, 0.05) is 51.5 Å². The molecule has 0 aliphatic carbocycles. The molecule has 2 aliphatic heterocycles. The Hall–Kier alpha value is -4.12. The normalized spacial score (nSPS) is 16.4. The van der Waals surface area contributed by atoms with Crippen LogP contribution in [0.25, 0.3) is 5.65 Å². The Morgan fingerprint density at radius 3 is 2.38 bits per heavy atom. The molecule has 0 radical (unpaired) electrons. The van der Waals surface area contributed by atoms with Gasteiger partial charge in [0.1, 0.15) is 6.61 Å². The summed E-state index contributed by atoms with van der Waals surface area (Å²) in [6.07, 6.45) is 1.72. The molecule has 4 heterocycles. The zero-order valence-corrected chi connectivity index (χ0v) is 22.8. The number of pyridine rings is 1. The van der Waals surface area contributed by atoms with Crippen molar-refractivity contribution < 1.29 is 19.1 Å². The van der Waals surface area contributed by atoms with Gasteiger partial charge in [-0.3, -0.25) is 14.1 Å². The molecule has 2 aliphatic rings. The van der Waals surface area contributed by atoms with Crippen molar-refractivity contribution >= 4 is 29.0 Å². The summed E-state index contributed by atoms with van der Waals surface area (Å²) >= 11 is 0. The van der Waals surface area contributed by atoms with Gasteiger partial charge in [-0.2, -0.15) is 0 Å². The number of piperazine rings is 1. The molecule has 2 fully saturated rings. The molecular formula is C28H34N6O5. The van der Waals surface area contributed by atoms with Crippen molar-refractivity contribution in [2.75, 3.05) is 63.2 Å². The Morgan fingerprint density at radius 2 is 1.74 bits per heavy atom. The molecule has 0 N–H and O–H groups in total. The van der Waals surface area contributed by atoms with E-state index in [2.05, 4.69) is 21.8 Å². The highest BCUT2D eigenvalue weighted by Gasteiger charge is 2.34. The summed E-state index contributed by atoms with van der Waals surface area (Å²) in [6.45, 7) is 8.28. The highest BCUT2D eigenvalue weighted by Crippen LogP contribution is 2.31. The fourth-order valence-electron chi connectivity index (χ4n) is 4.98. The number of hydrogen-bond acceptors (Lipinski definition) is 8. The molecule has 2 aromatic heterocycles. The fourth-order valence-corrected chi connectivity index (χ4v) is 4.98. The minimum atomic E-state index is -0.789. The Labute approximate surface area is 227 Å². The van der Waals surface area contributed by atoms with Crippen molar-refractivity contribution in [1.29, 1.82) is 0 Å². The number of ether oxygens (including phenoxy) is 2. The van der Waals surface area contributed by atoms with Crippen LogP contribution in [0.15, 0.2) is 47.4 Å². The van der Waals surface area contributed by atoms with E-state index in [1.807, 2.05) is 50.2 Å². The van der Waals surface area contributed by atoms with Crippen LogP contribution >= 0.6 is 0 Å². The summed E-state index contributed by atoms with van der Waals surface area (Å²) in [4.78, 5) is 52.6. The van der Waals surface area contributed by atoms with E-state index in [1.165, 1.54) is 11.5 Å². The molecule has 0 saturated carbocycles. The number of carbonyl (C=O) groups is 2. The lowest BCUT2D eigenvalue weighted by Gasteiger charge is -2.34. The first-order chi connectivity index (χ1) is 18.8. The number of urea groups is 1. The first-order valence-electron chi connectivity index (χ1n) is 13.2. The van der Waals surface area contributed by atoms with Gasteiger partial charge in [-0.15, -0.1) is 0 Å². The summed E-state index contributed by atoms with van der Waals surface area (Å²) in [6, 6.07) is 11.1. The van der Waals surface area contributed by atoms with Crippen LogP contribution in [-0.4, -0.2) is 90.7 Å². The topological polar surface area (TPSA) is 99.9 Å². The maximum atomic E-state index is 13.9. The number of rotatable bonds is 7. The monoisotopic (exact) mass is 534 g/mol. The van der Waals surface area contributed by atoms with Crippen molar-refractivity contribution in [2.24, 2.45) is 0 Å². The van der Waals surface area contributed by atoms with E-state index >= 15 is 0 Å². The van der Waals surface area contributed by atoms with E-state index in [9.17, 15) is 14.4 Å². The van der Waals surface area contributed by atoms with E-state index in [-0.39, 0.29) is 35.8 Å². The Morgan fingerprint density at radius 1 is 1.03 bits per heavy atom. The van der Waals surface area contributed by atoms with Crippen molar-refractivity contribution in [3.63, 3.8) is 0 Å². The predicted molar refractivity (Wildman–Crippen MR) is 148 cm³/mol. The highest BCUT2D eigenvalue weighted by molar-refractivity contribution is 5.99. The van der Waals surface area contributed by atoms with Crippen LogP contribution < -0.4 is 20.1 Å². The number of hydrogen-bond donors (Lipinski definition) is 0. The van der Waals surface area contributed by atoms with E-state index in [0.717, 1.165) is 37.4 Å². The second-order valence-corrected chi connectivity index (χ2v) is 10.1. The molecular weight excluding hydrogens is 500 g/mol. The SMILES string of the molecule is COC(=O)c1nc2c(N3CCN(C(C)C)C3=O)cc(N3CCN(C)CC3)cn2c(=O)c1OCc1ccccc1. The number of nitrogens with zero attached hydrogens (tertiary/aromatic N) is 6. The summed E-state index contributed by atoms with van der Waals surface area (Å²) in [5, 5.41) is 0. The Balaban J connectivity index is 1.68. The first-order valence-corrected chi connectivity index (χ1v) is 13.2. The van der Waals surface area contributed by atoms with Crippen LogP contribution in [-0.2, 0) is 11.3 Å². The molecule has 39 heavy (non-hydrogen) atoms. The molecule has 2 amide bonds. The van der Waals surface area contributed by atoms with Crippen LogP contribution in [0.1, 0.15) is 29.9 Å². The van der Waals surface area contributed by atoms with Crippen LogP contribution in [0, 0.1) is 0 Å². The van der Waals surface area contributed by atoms with E-state index in [0.29, 0.717) is 18.8 Å². The maximum Gasteiger partial charge on any atom is 0.360 e. The zero-order valence-electron chi connectivity index (χ0n) is 22.8. The van der Waals surface area contributed by atoms with Gasteiger partial charge in [0.15, 0.2) is 11.3 Å². The predicted octanol–water partition coefficient (Wildman–Crippen LogP) is 2.46. The molecule has 206 valence electrons. The second-order valence-electron chi connectivity index (χ2n) is 10.1. The van der Waals surface area contributed by atoms with Crippen LogP contribution in [0.3, 0.4) is 0 Å². The molecule has 0 atom stereocenters. The number of anilines is 2. The van der Waals surface area contributed by atoms with Crippen LogP contribution in [0.5, 0.6) is 5.75 Å². The van der Waals surface area contributed by atoms with Gasteiger partial charge in [0.05, 0.1) is 18.5 Å². The molecule has 11 nitrogen and oxygen atoms in total. The number of methoxy groups -OCH3 is 1. The third-order valence-electron chi connectivity index (χ3n) is 7.28. The lowest BCUT2D eigenvalue weighted by Crippen LogP contribution is -2.44. The van der Waals surface area contributed by atoms with Crippen LogP contribution in [0.4, 0.5) is 16.2 Å². The van der Waals surface area contributed by atoms with Gasteiger partial charge >= 0.3 is 17.6 Å². The molecule has 0 unspecified atom stereocenters. The molecule has 2 saturated heterocycles. The van der Waals surface area contributed by atoms with Gasteiger partial charge in [0.25, 0.3) is 0 Å². The fraction of sp³-hybridized carbons (Fsp3) is 0.429. The average molecular weight is 535 g/mol. The number of benzene rings is 1. The van der Waals surface area contributed by atoms with Crippen molar-refractivity contribution in [3.05, 3.63) is 64.2 Å². The molecule has 5 rings (SSSR count). The van der Waals surface area contributed by atoms with Crippen molar-refractivity contribution in [2.45, 2.75) is 26.5 Å². The van der Waals surface area contributed by atoms with Crippen molar-refractivity contribution in [3.8, 4) is 5.75 Å². The van der Waals surface area contributed by atoms with Crippen LogP contribution in [0.2, 0.25) is 0 Å². The minimum Gasteiger partial charge on any atom is -0.481 e. The molecule has 11 heteroatoms. The van der Waals surface area contributed by atoms with Gasteiger partial charge in [-0.25, -0.2) is 14.6 Å². The maximum absolute atomic E-state index is 13.9. The number of carbonyl (C=O) groups excluding carboxylic acids is 2. The summed E-state index contributed by atoms with van der Waals surface area (Å²) in [5.74, 6) is -0.982. The van der Waals surface area contributed by atoms with Gasteiger partial charge in [-0.1, -0.05) is 30.3 Å². The lowest BCUT2D eigenvalue weighted by molar-refractivity contribution is 0.0588. The molecule has 0 spiro atoms. The second kappa shape index (κ2) is 10.9. The van der Waals surface area contributed by atoms with E-state index < -0.39 is 11.5 Å². The largest absolute Gasteiger partial charge is 0.481 e. The average Bonchev–Trinajstić information content (AvgIpc) is 3.33. The molecule has 3 aromatic rings. The standard InChI is InChI=1S/C28H34N6O5/c1-19(2)32-14-15-33(28(32)37)22-16-21(31-12-10-30(3)11-13-31)17-34-25(22)29-23(27(36)38-4)24(26(34)35)39-18-20-8-6-5-7-9-20/h5-9,16-17,19H,10-15,18H2,1-4H3. The Kier molecular flexibility index (Phi) is 7.42. The molecule has 0 bridgehead atoms. The highest BCUT2D eigenvalue weighted by atomic mass is 16.5. The number of likely N-dealkylation sites (N-methyl/N-ethyl adjacent to an activating group) is 1. The quantitative estimate of drug-likeness (QED) is 0.427. The number of fused-ring (bicyclic) bond motifs is 1. The summed E-state index contributed by atoms with van der Waals surface area (Å²) < 4.78 is 12.3. The number of amides is 2. The zero-order chi connectivity index (χ0) is 27.7. The van der Waals surface area contributed by atoms with Crippen molar-refractivity contribution in [1.82, 2.24) is 19.2 Å². The third-order valence-corrected chi connectivity index (χ3v) is 7.28. The number of aromatic nitrogens is 2. The molecule has 1 aromatic carbocycles. The smallest absolute Gasteiger partial charge is 0.360 e. The van der Waals surface area contributed by atoms with Gasteiger partial charge < -0.3 is 24.2 Å².